The van der Waals surface area contributed by atoms with E-state index < -0.39 is 0 Å². The van der Waals surface area contributed by atoms with E-state index in [2.05, 4.69) is 13.8 Å². The van der Waals surface area contributed by atoms with Gasteiger partial charge in [0, 0.05) is 0 Å². The van der Waals surface area contributed by atoms with Crippen molar-refractivity contribution in [3.8, 4) is 0 Å². The molecule has 0 aliphatic carbocycles. The fourth-order valence-electron chi connectivity index (χ4n) is 4.41. The Balaban J connectivity index is 0. The van der Waals surface area contributed by atoms with E-state index in [1.807, 2.05) is 0 Å². The molecule has 0 fully saturated rings. The highest BCUT2D eigenvalue weighted by Gasteiger charge is 2.03. The average Bonchev–Trinajstić information content (AvgIpc) is 2.83. The summed E-state index contributed by atoms with van der Waals surface area (Å²) in [5.41, 5.74) is 0. The smallest absolute Gasteiger partial charge is 0.0662 e. The molecule has 202 valence electrons. The third-order valence-corrected chi connectivity index (χ3v) is 6.63. The summed E-state index contributed by atoms with van der Waals surface area (Å²) < 4.78 is 0. The summed E-state index contributed by atoms with van der Waals surface area (Å²) in [4.78, 5) is 0. The molecule has 0 heterocycles. The lowest BCUT2D eigenvalue weighted by atomic mass is 10.0. The van der Waals surface area contributed by atoms with Crippen molar-refractivity contribution in [2.75, 3.05) is 13.2 Å². The fraction of sp³-hybridized carbons (Fsp3) is 1.00. The van der Waals surface area contributed by atoms with Gasteiger partial charge in [0.25, 0.3) is 0 Å². The Kier molecular flexibility index (Phi) is 36.2. The molecule has 3 heteroatoms. The topological polar surface area (TPSA) is 60.7 Å². The second kappa shape index (κ2) is 34.0. The van der Waals surface area contributed by atoms with Crippen LogP contribution in [0.5, 0.6) is 0 Å². The maximum absolute atomic E-state index is 10.1. The van der Waals surface area contributed by atoms with E-state index in [0.29, 0.717) is 0 Å². The standard InChI is InChI=1S/C28H58O.C2H6O2/c1-3-5-7-9-11-13-15-16-17-19-21-23-25-27-28(29)26-24-22-20-18-14-12-10-8-6-4-2;3-1-2-4/h28-29H,3-27H2,1-2H3;3-4H,1-2H2. The number of hydrogen-bond donors (Lipinski definition) is 3. The van der Waals surface area contributed by atoms with Crippen molar-refractivity contribution in [3.63, 3.8) is 0 Å². The van der Waals surface area contributed by atoms with E-state index in [9.17, 15) is 5.11 Å². The van der Waals surface area contributed by atoms with Crippen molar-refractivity contribution in [3.05, 3.63) is 0 Å². The van der Waals surface area contributed by atoms with Crippen LogP contribution in [0.25, 0.3) is 0 Å². The van der Waals surface area contributed by atoms with E-state index in [1.165, 1.54) is 148 Å². The molecule has 0 saturated carbocycles. The van der Waals surface area contributed by atoms with Gasteiger partial charge in [-0.2, -0.15) is 0 Å². The Morgan fingerprint density at radius 3 is 0.788 bits per heavy atom. The molecule has 0 spiro atoms. The van der Waals surface area contributed by atoms with Crippen molar-refractivity contribution in [2.45, 2.75) is 180 Å². The fourth-order valence-corrected chi connectivity index (χ4v) is 4.41. The van der Waals surface area contributed by atoms with Crippen molar-refractivity contribution >= 4 is 0 Å². The van der Waals surface area contributed by atoms with E-state index in [4.69, 9.17) is 10.2 Å². The minimum atomic E-state index is -0.125. The molecular formula is C30H64O3. The highest BCUT2D eigenvalue weighted by atomic mass is 16.3. The Hall–Kier alpha value is -0.120. The van der Waals surface area contributed by atoms with Crippen LogP contribution in [-0.2, 0) is 0 Å². The van der Waals surface area contributed by atoms with Crippen LogP contribution in [0.1, 0.15) is 174 Å². The molecule has 3 N–H and O–H groups in total. The quantitative estimate of drug-likeness (QED) is 0.110. The zero-order valence-electron chi connectivity index (χ0n) is 23.0. The normalized spacial score (nSPS) is 11.9. The lowest BCUT2D eigenvalue weighted by Gasteiger charge is -2.10. The lowest BCUT2D eigenvalue weighted by molar-refractivity contribution is 0.147. The molecule has 3 nitrogen and oxygen atoms in total. The molecule has 0 aromatic carbocycles. The monoisotopic (exact) mass is 472 g/mol. The molecule has 0 aliphatic rings. The Bertz CT molecular complexity index is 307. The van der Waals surface area contributed by atoms with Gasteiger partial charge < -0.3 is 15.3 Å². The average molecular weight is 473 g/mol. The second-order valence-corrected chi connectivity index (χ2v) is 10.1. The number of aliphatic hydroxyl groups excluding tert-OH is 3. The summed E-state index contributed by atoms with van der Waals surface area (Å²) in [6, 6.07) is 0. The van der Waals surface area contributed by atoms with Crippen molar-refractivity contribution in [2.24, 2.45) is 0 Å². The minimum Gasteiger partial charge on any atom is -0.394 e. The third kappa shape index (κ3) is 36.6. The predicted octanol–water partition coefficient (Wildman–Crippen LogP) is 9.11. The Morgan fingerprint density at radius 2 is 0.576 bits per heavy atom. The lowest BCUT2D eigenvalue weighted by Crippen LogP contribution is -2.05. The van der Waals surface area contributed by atoms with Crippen LogP contribution in [0.2, 0.25) is 0 Å². The van der Waals surface area contributed by atoms with Gasteiger partial charge in [-0.25, -0.2) is 0 Å². The Morgan fingerprint density at radius 1 is 0.364 bits per heavy atom. The minimum absolute atomic E-state index is 0.0308. The molecule has 0 saturated heterocycles. The van der Waals surface area contributed by atoms with E-state index in [0.717, 1.165) is 12.8 Å². The first-order chi connectivity index (χ1) is 16.2. The highest BCUT2D eigenvalue weighted by Crippen LogP contribution is 2.16. The first-order valence-electron chi connectivity index (χ1n) is 15.1. The van der Waals surface area contributed by atoms with E-state index >= 15 is 0 Å². The van der Waals surface area contributed by atoms with Crippen LogP contribution in [0.3, 0.4) is 0 Å². The molecule has 0 amide bonds. The van der Waals surface area contributed by atoms with Gasteiger partial charge in [0.05, 0.1) is 19.3 Å². The van der Waals surface area contributed by atoms with Gasteiger partial charge >= 0.3 is 0 Å². The van der Waals surface area contributed by atoms with Crippen LogP contribution in [-0.4, -0.2) is 34.6 Å². The molecule has 1 unspecified atom stereocenters. The molecule has 0 rings (SSSR count). The number of rotatable bonds is 26. The summed E-state index contributed by atoms with van der Waals surface area (Å²) >= 11 is 0. The molecule has 0 aromatic heterocycles. The van der Waals surface area contributed by atoms with Gasteiger partial charge in [0.1, 0.15) is 0 Å². The largest absolute Gasteiger partial charge is 0.394 e. The zero-order valence-corrected chi connectivity index (χ0v) is 23.0. The summed E-state index contributed by atoms with van der Waals surface area (Å²) in [5.74, 6) is 0. The molecule has 0 aromatic rings. The van der Waals surface area contributed by atoms with Crippen molar-refractivity contribution in [1.29, 1.82) is 0 Å². The SMILES string of the molecule is CCCCCCCCCCCCCCCC(O)CCCCCCCCCCCC.OCCO. The number of hydrogen-bond acceptors (Lipinski definition) is 3. The summed E-state index contributed by atoms with van der Waals surface area (Å²) in [7, 11) is 0. The van der Waals surface area contributed by atoms with Gasteiger partial charge in [-0.1, -0.05) is 162 Å². The number of aliphatic hydroxyl groups is 3. The van der Waals surface area contributed by atoms with Gasteiger partial charge in [-0.15, -0.1) is 0 Å². The third-order valence-electron chi connectivity index (χ3n) is 6.63. The van der Waals surface area contributed by atoms with Crippen LogP contribution < -0.4 is 0 Å². The van der Waals surface area contributed by atoms with Crippen LogP contribution in [0.15, 0.2) is 0 Å². The van der Waals surface area contributed by atoms with Gasteiger partial charge in [0.2, 0.25) is 0 Å². The van der Waals surface area contributed by atoms with Crippen molar-refractivity contribution < 1.29 is 15.3 Å². The van der Waals surface area contributed by atoms with Crippen LogP contribution in [0, 0.1) is 0 Å². The molecule has 1 atom stereocenters. The maximum Gasteiger partial charge on any atom is 0.0662 e. The van der Waals surface area contributed by atoms with Gasteiger partial charge in [0.15, 0.2) is 0 Å². The summed E-state index contributed by atoms with van der Waals surface area (Å²) in [6.07, 6.45) is 34.1. The molecule has 0 aliphatic heterocycles. The predicted molar refractivity (Wildman–Crippen MR) is 147 cm³/mol. The van der Waals surface area contributed by atoms with Crippen LogP contribution in [0.4, 0.5) is 0 Å². The van der Waals surface area contributed by atoms with E-state index in [-0.39, 0.29) is 19.3 Å². The zero-order chi connectivity index (χ0) is 24.7. The van der Waals surface area contributed by atoms with Crippen molar-refractivity contribution in [1.82, 2.24) is 0 Å². The van der Waals surface area contributed by atoms with Crippen LogP contribution >= 0.6 is 0 Å². The van der Waals surface area contributed by atoms with Gasteiger partial charge in [-0.3, -0.25) is 0 Å². The highest BCUT2D eigenvalue weighted by molar-refractivity contribution is 4.58. The molecule has 33 heavy (non-hydrogen) atoms. The molecule has 0 radical (unpaired) electrons. The summed E-state index contributed by atoms with van der Waals surface area (Å²) in [5, 5.41) is 25.4. The second-order valence-electron chi connectivity index (χ2n) is 10.1. The summed E-state index contributed by atoms with van der Waals surface area (Å²) in [6.45, 7) is 4.33. The van der Waals surface area contributed by atoms with E-state index in [1.54, 1.807) is 0 Å². The molecular weight excluding hydrogens is 408 g/mol. The van der Waals surface area contributed by atoms with Gasteiger partial charge in [-0.05, 0) is 12.8 Å². The Labute approximate surface area is 209 Å². The maximum atomic E-state index is 10.1. The first-order valence-corrected chi connectivity index (χ1v) is 15.1. The molecule has 0 bridgehead atoms. The number of unbranched alkanes of at least 4 members (excludes halogenated alkanes) is 21. The first kappa shape index (κ1) is 35.0.